The number of nitrogens with one attached hydrogen (secondary N) is 2. The molecule has 0 aliphatic carbocycles. The number of carbonyl (C=O) groups excluding carboxylic acids is 2. The molecule has 4 rings (SSSR count). The average molecular weight is 609 g/mol. The first-order chi connectivity index (χ1) is 17.4. The first-order valence-electron chi connectivity index (χ1n) is 10.8. The zero-order chi connectivity index (χ0) is 25.5. The van der Waals surface area contributed by atoms with Crippen molar-refractivity contribution in [2.24, 2.45) is 0 Å². The predicted molar refractivity (Wildman–Crippen MR) is 150 cm³/mol. The molecular weight excluding hydrogens is 589 g/mol. The summed E-state index contributed by atoms with van der Waals surface area (Å²) < 4.78 is 1.08. The largest absolute Gasteiger partial charge is 0.325 e. The molecule has 0 aromatic heterocycles. The maximum absolute atomic E-state index is 13.2. The molecule has 0 aliphatic rings. The molecule has 0 spiro atoms. The SMILES string of the molecule is O=C(Nc1ccc(SC(C(=O)Nc2ccc(I)cc2)c2ccccc2)cc1)c1cccc([N+](=O)[O-])c1. The molecular formula is C27H20IN3O4S. The fourth-order valence-corrected chi connectivity index (χ4v) is 4.74. The van der Waals surface area contributed by atoms with E-state index in [0.717, 1.165) is 19.7 Å². The minimum absolute atomic E-state index is 0.143. The quantitative estimate of drug-likeness (QED) is 0.0978. The number of halogens is 1. The van der Waals surface area contributed by atoms with E-state index in [1.165, 1.54) is 36.0 Å². The molecule has 36 heavy (non-hydrogen) atoms. The van der Waals surface area contributed by atoms with Gasteiger partial charge >= 0.3 is 0 Å². The van der Waals surface area contributed by atoms with Gasteiger partial charge in [0.25, 0.3) is 11.6 Å². The van der Waals surface area contributed by atoms with Crippen molar-refractivity contribution in [1.29, 1.82) is 0 Å². The highest BCUT2D eigenvalue weighted by Gasteiger charge is 2.22. The molecule has 1 unspecified atom stereocenters. The molecule has 0 radical (unpaired) electrons. The number of hydrogen-bond acceptors (Lipinski definition) is 5. The predicted octanol–water partition coefficient (Wildman–Crippen LogP) is 6.92. The Hall–Kier alpha value is -3.70. The van der Waals surface area contributed by atoms with Gasteiger partial charge in [0.2, 0.25) is 5.91 Å². The van der Waals surface area contributed by atoms with Crippen LogP contribution in [-0.2, 0) is 4.79 Å². The van der Waals surface area contributed by atoms with Gasteiger partial charge in [-0.25, -0.2) is 0 Å². The van der Waals surface area contributed by atoms with Crippen molar-refractivity contribution < 1.29 is 14.5 Å². The molecule has 9 heteroatoms. The molecule has 0 heterocycles. The van der Waals surface area contributed by atoms with E-state index in [0.29, 0.717) is 5.69 Å². The van der Waals surface area contributed by atoms with Gasteiger partial charge in [0.1, 0.15) is 5.25 Å². The number of thioether (sulfide) groups is 1. The Bertz CT molecular complexity index is 1380. The standard InChI is InChI=1S/C27H20IN3O4S/c28-20-9-11-21(12-10-20)30-27(33)25(18-5-2-1-3-6-18)36-24-15-13-22(14-16-24)29-26(32)19-7-4-8-23(17-19)31(34)35/h1-17,25H,(H,29,32)(H,30,33). The van der Waals surface area contributed by atoms with Crippen molar-refractivity contribution in [1.82, 2.24) is 0 Å². The second-order valence-electron chi connectivity index (χ2n) is 7.69. The van der Waals surface area contributed by atoms with Gasteiger partial charge in [-0.2, -0.15) is 0 Å². The number of nitrogens with zero attached hydrogens (tertiary/aromatic N) is 1. The molecule has 4 aromatic rings. The first-order valence-corrected chi connectivity index (χ1v) is 12.8. The number of rotatable bonds is 8. The van der Waals surface area contributed by atoms with Crippen molar-refractivity contribution in [2.75, 3.05) is 10.6 Å². The lowest BCUT2D eigenvalue weighted by Crippen LogP contribution is -2.19. The van der Waals surface area contributed by atoms with Gasteiger partial charge in [-0.3, -0.25) is 19.7 Å². The van der Waals surface area contributed by atoms with Gasteiger partial charge < -0.3 is 10.6 Å². The van der Waals surface area contributed by atoms with E-state index in [-0.39, 0.29) is 17.2 Å². The Morgan fingerprint density at radius 2 is 1.44 bits per heavy atom. The van der Waals surface area contributed by atoms with E-state index in [1.54, 1.807) is 12.1 Å². The number of nitro groups is 1. The molecule has 4 aromatic carbocycles. The topological polar surface area (TPSA) is 101 Å². The smallest absolute Gasteiger partial charge is 0.270 e. The normalized spacial score (nSPS) is 11.4. The van der Waals surface area contributed by atoms with Gasteiger partial charge in [0.15, 0.2) is 0 Å². The second kappa shape index (κ2) is 11.8. The van der Waals surface area contributed by atoms with Crippen LogP contribution in [0.2, 0.25) is 0 Å². The third kappa shape index (κ3) is 6.70. The fourth-order valence-electron chi connectivity index (χ4n) is 3.36. The van der Waals surface area contributed by atoms with Gasteiger partial charge in [0, 0.05) is 37.5 Å². The number of carbonyl (C=O) groups is 2. The molecule has 2 N–H and O–H groups in total. The van der Waals surface area contributed by atoms with Crippen LogP contribution in [0.3, 0.4) is 0 Å². The Balaban J connectivity index is 1.47. The Labute approximate surface area is 225 Å². The summed E-state index contributed by atoms with van der Waals surface area (Å²) in [5, 5.41) is 16.2. The number of benzene rings is 4. The highest BCUT2D eigenvalue weighted by Crippen LogP contribution is 2.36. The van der Waals surface area contributed by atoms with Crippen LogP contribution in [0.15, 0.2) is 108 Å². The molecule has 0 aliphatic heterocycles. The first kappa shape index (κ1) is 25.4. The summed E-state index contributed by atoms with van der Waals surface area (Å²) in [6, 6.07) is 29.8. The maximum Gasteiger partial charge on any atom is 0.270 e. The van der Waals surface area contributed by atoms with E-state index in [1.807, 2.05) is 66.7 Å². The molecule has 0 saturated heterocycles. The average Bonchev–Trinajstić information content (AvgIpc) is 2.90. The van der Waals surface area contributed by atoms with Crippen LogP contribution in [0, 0.1) is 13.7 Å². The molecule has 0 fully saturated rings. The van der Waals surface area contributed by atoms with Crippen molar-refractivity contribution in [3.8, 4) is 0 Å². The van der Waals surface area contributed by atoms with Crippen LogP contribution in [0.25, 0.3) is 0 Å². The second-order valence-corrected chi connectivity index (χ2v) is 10.1. The molecule has 2 amide bonds. The lowest BCUT2D eigenvalue weighted by Gasteiger charge is -2.17. The van der Waals surface area contributed by atoms with Crippen molar-refractivity contribution in [3.63, 3.8) is 0 Å². The Morgan fingerprint density at radius 1 is 0.806 bits per heavy atom. The number of anilines is 2. The summed E-state index contributed by atoms with van der Waals surface area (Å²) in [6.07, 6.45) is 0. The summed E-state index contributed by atoms with van der Waals surface area (Å²) in [7, 11) is 0. The van der Waals surface area contributed by atoms with Crippen molar-refractivity contribution >= 4 is 63.2 Å². The zero-order valence-corrected chi connectivity index (χ0v) is 21.7. The molecule has 7 nitrogen and oxygen atoms in total. The van der Waals surface area contributed by atoms with Gasteiger partial charge in [-0.05, 0) is 82.8 Å². The highest BCUT2D eigenvalue weighted by atomic mass is 127. The summed E-state index contributed by atoms with van der Waals surface area (Å²) in [5.74, 6) is -0.589. The summed E-state index contributed by atoms with van der Waals surface area (Å²) in [4.78, 5) is 37.0. The van der Waals surface area contributed by atoms with Crippen LogP contribution in [0.4, 0.5) is 17.1 Å². The highest BCUT2D eigenvalue weighted by molar-refractivity contribution is 14.1. The third-order valence-corrected chi connectivity index (χ3v) is 7.12. The fraction of sp³-hybridized carbons (Fsp3) is 0.0370. The van der Waals surface area contributed by atoms with Crippen molar-refractivity contribution in [2.45, 2.75) is 10.1 Å². The van der Waals surface area contributed by atoms with Gasteiger partial charge in [0.05, 0.1) is 4.92 Å². The minimum Gasteiger partial charge on any atom is -0.325 e. The molecule has 1 atom stereocenters. The van der Waals surface area contributed by atoms with E-state index in [4.69, 9.17) is 0 Å². The van der Waals surface area contributed by atoms with E-state index < -0.39 is 16.1 Å². The van der Waals surface area contributed by atoms with E-state index in [9.17, 15) is 19.7 Å². The number of non-ortho nitro benzene ring substituents is 1. The number of amides is 2. The molecule has 0 bridgehead atoms. The van der Waals surface area contributed by atoms with Crippen LogP contribution >= 0.6 is 34.4 Å². The number of hydrogen-bond donors (Lipinski definition) is 2. The number of nitro benzene ring substituents is 1. The Kier molecular flexibility index (Phi) is 8.34. The summed E-state index contributed by atoms with van der Waals surface area (Å²) >= 11 is 3.61. The third-order valence-electron chi connectivity index (χ3n) is 5.14. The van der Waals surface area contributed by atoms with Crippen LogP contribution in [0.1, 0.15) is 21.2 Å². The van der Waals surface area contributed by atoms with Crippen LogP contribution in [-0.4, -0.2) is 16.7 Å². The lowest BCUT2D eigenvalue weighted by molar-refractivity contribution is -0.384. The molecule has 180 valence electrons. The summed E-state index contributed by atoms with van der Waals surface area (Å²) in [5.41, 5.74) is 2.18. The van der Waals surface area contributed by atoms with Gasteiger partial charge in [-0.15, -0.1) is 11.8 Å². The minimum atomic E-state index is -0.541. The Morgan fingerprint density at radius 3 is 2.11 bits per heavy atom. The zero-order valence-electron chi connectivity index (χ0n) is 18.8. The van der Waals surface area contributed by atoms with Crippen LogP contribution < -0.4 is 10.6 Å². The summed E-state index contributed by atoms with van der Waals surface area (Å²) in [6.45, 7) is 0. The van der Waals surface area contributed by atoms with Crippen LogP contribution in [0.5, 0.6) is 0 Å². The monoisotopic (exact) mass is 609 g/mol. The molecule has 0 saturated carbocycles. The maximum atomic E-state index is 13.2. The lowest BCUT2D eigenvalue weighted by atomic mass is 10.1. The van der Waals surface area contributed by atoms with E-state index in [2.05, 4.69) is 33.2 Å². The van der Waals surface area contributed by atoms with Gasteiger partial charge in [-0.1, -0.05) is 36.4 Å². The van der Waals surface area contributed by atoms with Crippen molar-refractivity contribution in [3.05, 3.63) is 128 Å². The van der Waals surface area contributed by atoms with E-state index >= 15 is 0 Å².